The van der Waals surface area contributed by atoms with E-state index in [1.165, 1.54) is 28.6 Å². The van der Waals surface area contributed by atoms with Gasteiger partial charge in [0, 0.05) is 38.4 Å². The van der Waals surface area contributed by atoms with Gasteiger partial charge in [0.1, 0.15) is 0 Å². The van der Waals surface area contributed by atoms with E-state index in [0.29, 0.717) is 13.1 Å². The van der Waals surface area contributed by atoms with Gasteiger partial charge in [-0.05, 0) is 18.2 Å². The van der Waals surface area contributed by atoms with E-state index in [-0.39, 0.29) is 34.7 Å². The minimum absolute atomic E-state index is 0.00567. The Balaban J connectivity index is 2.20. The summed E-state index contributed by atoms with van der Waals surface area (Å²) in [6.07, 6.45) is 1.04. The Bertz CT molecular complexity index is 823. The maximum absolute atomic E-state index is 12.7. The third-order valence-electron chi connectivity index (χ3n) is 3.92. The van der Waals surface area contributed by atoms with E-state index < -0.39 is 19.9 Å². The lowest BCUT2D eigenvalue weighted by Gasteiger charge is -2.34. The van der Waals surface area contributed by atoms with Gasteiger partial charge in [-0.3, -0.25) is 4.79 Å². The van der Waals surface area contributed by atoms with Crippen LogP contribution in [0.25, 0.3) is 0 Å². The van der Waals surface area contributed by atoms with Crippen molar-refractivity contribution in [1.82, 2.24) is 9.21 Å². The molecule has 134 valence electrons. The highest BCUT2D eigenvalue weighted by Gasteiger charge is 2.31. The first-order chi connectivity index (χ1) is 11.0. The van der Waals surface area contributed by atoms with Crippen LogP contribution in [-0.4, -0.2) is 64.4 Å². The van der Waals surface area contributed by atoms with Gasteiger partial charge in [-0.15, -0.1) is 0 Å². The van der Waals surface area contributed by atoms with Crippen molar-refractivity contribution in [1.29, 1.82) is 0 Å². The second kappa shape index (κ2) is 6.81. The predicted molar refractivity (Wildman–Crippen MR) is 89.7 cm³/mol. The minimum Gasteiger partial charge on any atom is -0.340 e. The second-order valence-corrected chi connectivity index (χ2v) is 10.1. The second-order valence-electron chi connectivity index (χ2n) is 6.13. The molecule has 0 aromatic heterocycles. The van der Waals surface area contributed by atoms with Crippen molar-refractivity contribution in [3.05, 3.63) is 24.3 Å². The normalized spacial score (nSPS) is 17.2. The molecule has 2 rings (SSSR count). The molecule has 0 radical (unpaired) electrons. The quantitative estimate of drug-likeness (QED) is 0.769. The number of amides is 1. The number of benzene rings is 1. The summed E-state index contributed by atoms with van der Waals surface area (Å²) in [6, 6.07) is 5.35. The molecule has 0 saturated carbocycles. The van der Waals surface area contributed by atoms with Crippen molar-refractivity contribution in [3.63, 3.8) is 0 Å². The molecular formula is C15H22N2O5S2. The summed E-state index contributed by atoms with van der Waals surface area (Å²) < 4.78 is 49.9. The average Bonchev–Trinajstić information content (AvgIpc) is 2.53. The number of carbonyl (C=O) groups is 1. The van der Waals surface area contributed by atoms with Crippen LogP contribution in [0.15, 0.2) is 34.1 Å². The molecule has 1 aliphatic rings. The van der Waals surface area contributed by atoms with Gasteiger partial charge in [-0.25, -0.2) is 16.8 Å². The number of sulfonamides is 1. The molecule has 1 fully saturated rings. The van der Waals surface area contributed by atoms with E-state index in [4.69, 9.17) is 0 Å². The zero-order valence-electron chi connectivity index (χ0n) is 14.0. The van der Waals surface area contributed by atoms with E-state index in [1.807, 2.05) is 13.8 Å². The Morgan fingerprint density at radius 2 is 1.54 bits per heavy atom. The Morgan fingerprint density at radius 3 is 2.04 bits per heavy atom. The van der Waals surface area contributed by atoms with Crippen molar-refractivity contribution < 1.29 is 21.6 Å². The van der Waals surface area contributed by atoms with Crippen LogP contribution in [0.2, 0.25) is 0 Å². The molecule has 0 unspecified atom stereocenters. The summed E-state index contributed by atoms with van der Waals surface area (Å²) in [6.45, 7) is 4.68. The number of hydrogen-bond acceptors (Lipinski definition) is 5. The SMILES string of the molecule is CC(C)C(=O)N1CCN(S(=O)(=O)c2cccc(S(C)(=O)=O)c2)CC1. The molecule has 1 aliphatic heterocycles. The number of sulfone groups is 1. The summed E-state index contributed by atoms with van der Waals surface area (Å²) in [5.74, 6) is -0.120. The molecular weight excluding hydrogens is 352 g/mol. The largest absolute Gasteiger partial charge is 0.340 e. The summed E-state index contributed by atoms with van der Waals surface area (Å²) in [5, 5.41) is 0. The van der Waals surface area contributed by atoms with Gasteiger partial charge in [0.25, 0.3) is 0 Å². The van der Waals surface area contributed by atoms with Crippen molar-refractivity contribution >= 4 is 25.8 Å². The van der Waals surface area contributed by atoms with Crippen LogP contribution in [0.3, 0.4) is 0 Å². The molecule has 7 nitrogen and oxygen atoms in total. The topological polar surface area (TPSA) is 91.8 Å². The molecule has 1 heterocycles. The van der Waals surface area contributed by atoms with E-state index in [9.17, 15) is 21.6 Å². The smallest absolute Gasteiger partial charge is 0.243 e. The average molecular weight is 374 g/mol. The molecule has 1 saturated heterocycles. The Labute approximate surface area is 143 Å². The van der Waals surface area contributed by atoms with Gasteiger partial charge in [0.05, 0.1) is 9.79 Å². The van der Waals surface area contributed by atoms with Crippen LogP contribution in [0.4, 0.5) is 0 Å². The monoisotopic (exact) mass is 374 g/mol. The van der Waals surface area contributed by atoms with Gasteiger partial charge >= 0.3 is 0 Å². The summed E-state index contributed by atoms with van der Waals surface area (Å²) in [4.78, 5) is 13.5. The lowest BCUT2D eigenvalue weighted by atomic mass is 10.2. The van der Waals surface area contributed by atoms with Crippen LogP contribution in [0.1, 0.15) is 13.8 Å². The van der Waals surface area contributed by atoms with Crippen LogP contribution < -0.4 is 0 Å². The molecule has 0 N–H and O–H groups in total. The molecule has 9 heteroatoms. The fourth-order valence-corrected chi connectivity index (χ4v) is 4.74. The molecule has 0 bridgehead atoms. The first kappa shape index (κ1) is 18.9. The predicted octanol–water partition coefficient (Wildman–Crippen LogP) is 0.579. The lowest BCUT2D eigenvalue weighted by Crippen LogP contribution is -2.51. The number of rotatable bonds is 4. The maximum Gasteiger partial charge on any atom is 0.243 e. The van der Waals surface area contributed by atoms with Gasteiger partial charge in [-0.1, -0.05) is 19.9 Å². The standard InChI is InChI=1S/C15H22N2O5S2/c1-12(2)15(18)16-7-9-17(10-8-16)24(21,22)14-6-4-5-13(11-14)23(3,19)20/h4-6,11-12H,7-10H2,1-3H3. The van der Waals surface area contributed by atoms with Crippen LogP contribution in [0.5, 0.6) is 0 Å². The van der Waals surface area contributed by atoms with Gasteiger partial charge < -0.3 is 4.90 Å². The molecule has 0 atom stereocenters. The number of nitrogens with zero attached hydrogens (tertiary/aromatic N) is 2. The first-order valence-electron chi connectivity index (χ1n) is 7.62. The Kier molecular flexibility index (Phi) is 5.36. The van der Waals surface area contributed by atoms with E-state index in [0.717, 1.165) is 6.26 Å². The number of carbonyl (C=O) groups excluding carboxylic acids is 1. The highest BCUT2D eigenvalue weighted by Crippen LogP contribution is 2.21. The summed E-state index contributed by atoms with van der Waals surface area (Å²) >= 11 is 0. The van der Waals surface area contributed by atoms with E-state index >= 15 is 0 Å². The lowest BCUT2D eigenvalue weighted by molar-refractivity contribution is -0.135. The van der Waals surface area contributed by atoms with Crippen LogP contribution in [0, 0.1) is 5.92 Å². The van der Waals surface area contributed by atoms with Crippen molar-refractivity contribution in [2.24, 2.45) is 5.92 Å². The fourth-order valence-electron chi connectivity index (χ4n) is 2.53. The Hall–Kier alpha value is -1.45. The first-order valence-corrected chi connectivity index (χ1v) is 11.0. The van der Waals surface area contributed by atoms with Crippen molar-refractivity contribution in [3.8, 4) is 0 Å². The zero-order chi connectivity index (χ0) is 18.1. The van der Waals surface area contributed by atoms with Crippen LogP contribution in [-0.2, 0) is 24.7 Å². The molecule has 1 aromatic rings. The molecule has 0 aliphatic carbocycles. The minimum atomic E-state index is -3.78. The van der Waals surface area contributed by atoms with E-state index in [1.54, 1.807) is 4.90 Å². The molecule has 0 spiro atoms. The van der Waals surface area contributed by atoms with Gasteiger partial charge in [-0.2, -0.15) is 4.31 Å². The fraction of sp³-hybridized carbons (Fsp3) is 0.533. The van der Waals surface area contributed by atoms with Gasteiger partial charge in [0.2, 0.25) is 15.9 Å². The third-order valence-corrected chi connectivity index (χ3v) is 6.92. The molecule has 1 amide bonds. The Morgan fingerprint density at radius 1 is 1.00 bits per heavy atom. The zero-order valence-corrected chi connectivity index (χ0v) is 15.6. The molecule has 1 aromatic carbocycles. The van der Waals surface area contributed by atoms with Crippen molar-refractivity contribution in [2.45, 2.75) is 23.6 Å². The number of piperazine rings is 1. The highest BCUT2D eigenvalue weighted by molar-refractivity contribution is 7.91. The van der Waals surface area contributed by atoms with E-state index in [2.05, 4.69) is 0 Å². The number of hydrogen-bond donors (Lipinski definition) is 0. The summed E-state index contributed by atoms with van der Waals surface area (Å²) in [7, 11) is -7.26. The summed E-state index contributed by atoms with van der Waals surface area (Å²) in [5.41, 5.74) is 0. The third kappa shape index (κ3) is 3.96. The highest BCUT2D eigenvalue weighted by atomic mass is 32.2. The maximum atomic E-state index is 12.7. The van der Waals surface area contributed by atoms with Crippen molar-refractivity contribution in [2.75, 3.05) is 32.4 Å². The molecule has 24 heavy (non-hydrogen) atoms. The van der Waals surface area contributed by atoms with Gasteiger partial charge in [0.15, 0.2) is 9.84 Å². The van der Waals surface area contributed by atoms with Crippen LogP contribution >= 0.6 is 0 Å².